The van der Waals surface area contributed by atoms with E-state index in [0.29, 0.717) is 0 Å². The van der Waals surface area contributed by atoms with Crippen molar-refractivity contribution in [3.63, 3.8) is 0 Å². The third kappa shape index (κ3) is 2.79. The molecule has 1 aliphatic rings. The molecule has 0 saturated carbocycles. The largest absolute Gasteiger partial charge is 0.497 e. The lowest BCUT2D eigenvalue weighted by molar-refractivity contribution is 0.175. The highest BCUT2D eigenvalue weighted by Gasteiger charge is 2.15. The minimum Gasteiger partial charge on any atom is -0.497 e. The molecular weight excluding hydrogens is 208 g/mol. The zero-order chi connectivity index (χ0) is 10.7. The molecule has 1 atom stereocenters. The van der Waals surface area contributed by atoms with E-state index in [1.807, 2.05) is 6.92 Å². The summed E-state index contributed by atoms with van der Waals surface area (Å²) in [4.78, 5) is 4.40. The van der Waals surface area contributed by atoms with E-state index < -0.39 is 0 Å². The standard InChI is InChI=1S/C11H16N2OS/c1-8-7-15-11(13-8)6-9(12)10-4-2-3-5-14-10/h4,7,9H,2-3,5-6,12H2,1H3. The molecule has 0 saturated heterocycles. The van der Waals surface area contributed by atoms with Gasteiger partial charge in [0.25, 0.3) is 0 Å². The summed E-state index contributed by atoms with van der Waals surface area (Å²) in [5, 5.41) is 3.15. The van der Waals surface area contributed by atoms with Gasteiger partial charge in [-0.2, -0.15) is 0 Å². The Morgan fingerprint density at radius 1 is 1.67 bits per heavy atom. The highest BCUT2D eigenvalue weighted by molar-refractivity contribution is 7.09. The average Bonchev–Trinajstić information content (AvgIpc) is 2.65. The van der Waals surface area contributed by atoms with Gasteiger partial charge in [0.15, 0.2) is 0 Å². The molecule has 0 aliphatic carbocycles. The number of allylic oxidation sites excluding steroid dienone is 1. The Morgan fingerprint density at radius 2 is 2.53 bits per heavy atom. The zero-order valence-electron chi connectivity index (χ0n) is 8.90. The summed E-state index contributed by atoms with van der Waals surface area (Å²) >= 11 is 1.67. The van der Waals surface area contributed by atoms with Gasteiger partial charge in [-0.3, -0.25) is 0 Å². The minimum atomic E-state index is -0.0316. The number of nitrogens with two attached hydrogens (primary N) is 1. The van der Waals surface area contributed by atoms with Crippen LogP contribution in [0.3, 0.4) is 0 Å². The third-order valence-corrected chi connectivity index (χ3v) is 3.38. The minimum absolute atomic E-state index is 0.0316. The molecule has 2 heterocycles. The second-order valence-corrected chi connectivity index (χ2v) is 4.73. The zero-order valence-corrected chi connectivity index (χ0v) is 9.72. The first-order chi connectivity index (χ1) is 7.25. The first-order valence-electron chi connectivity index (χ1n) is 5.25. The predicted octanol–water partition coefficient (Wildman–Crippen LogP) is 2.02. The molecule has 0 aromatic carbocycles. The van der Waals surface area contributed by atoms with Crippen LogP contribution in [-0.4, -0.2) is 17.6 Å². The molecule has 0 bridgehead atoms. The summed E-state index contributed by atoms with van der Waals surface area (Å²) in [6, 6.07) is -0.0316. The number of thiazole rings is 1. The fraction of sp³-hybridized carbons (Fsp3) is 0.545. The van der Waals surface area contributed by atoms with Crippen LogP contribution in [0.4, 0.5) is 0 Å². The third-order valence-electron chi connectivity index (χ3n) is 2.39. The van der Waals surface area contributed by atoms with E-state index in [2.05, 4.69) is 16.4 Å². The number of hydrogen-bond acceptors (Lipinski definition) is 4. The van der Waals surface area contributed by atoms with Crippen LogP contribution in [0.25, 0.3) is 0 Å². The maximum absolute atomic E-state index is 6.06. The lowest BCUT2D eigenvalue weighted by atomic mass is 10.1. The molecule has 1 aromatic heterocycles. The van der Waals surface area contributed by atoms with Crippen molar-refractivity contribution in [1.29, 1.82) is 0 Å². The Labute approximate surface area is 94.0 Å². The Bertz CT molecular complexity index is 359. The Balaban J connectivity index is 1.96. The highest BCUT2D eigenvalue weighted by atomic mass is 32.1. The second kappa shape index (κ2) is 4.77. The van der Waals surface area contributed by atoms with Crippen LogP contribution in [0.2, 0.25) is 0 Å². The van der Waals surface area contributed by atoms with Crippen molar-refractivity contribution in [3.8, 4) is 0 Å². The summed E-state index contributed by atoms with van der Waals surface area (Å²) in [5.41, 5.74) is 7.13. The molecule has 82 valence electrons. The maximum Gasteiger partial charge on any atom is 0.109 e. The summed E-state index contributed by atoms with van der Waals surface area (Å²) in [6.07, 6.45) is 5.07. The summed E-state index contributed by atoms with van der Waals surface area (Å²) in [6.45, 7) is 2.80. The number of nitrogens with zero attached hydrogens (tertiary/aromatic N) is 1. The molecule has 0 spiro atoms. The van der Waals surface area contributed by atoms with Gasteiger partial charge in [-0.25, -0.2) is 4.98 Å². The molecule has 1 aliphatic heterocycles. The molecule has 0 radical (unpaired) electrons. The van der Waals surface area contributed by atoms with Crippen molar-refractivity contribution < 1.29 is 4.74 Å². The van der Waals surface area contributed by atoms with Gasteiger partial charge in [-0.15, -0.1) is 11.3 Å². The Kier molecular flexibility index (Phi) is 3.38. The van der Waals surface area contributed by atoms with Crippen molar-refractivity contribution in [1.82, 2.24) is 4.98 Å². The number of aromatic nitrogens is 1. The molecule has 2 rings (SSSR count). The van der Waals surface area contributed by atoms with Gasteiger partial charge in [0.1, 0.15) is 5.76 Å². The molecule has 1 aromatic rings. The number of ether oxygens (including phenoxy) is 1. The van der Waals surface area contributed by atoms with Gasteiger partial charge >= 0.3 is 0 Å². The Morgan fingerprint density at radius 3 is 3.13 bits per heavy atom. The normalized spacial score (nSPS) is 18.1. The quantitative estimate of drug-likeness (QED) is 0.854. The van der Waals surface area contributed by atoms with E-state index in [4.69, 9.17) is 10.5 Å². The SMILES string of the molecule is Cc1csc(CC(N)C2=CCCCO2)n1. The molecule has 1 unspecified atom stereocenters. The van der Waals surface area contributed by atoms with Crippen molar-refractivity contribution in [2.24, 2.45) is 5.73 Å². The number of aryl methyl sites for hydroxylation is 1. The molecule has 4 heteroatoms. The second-order valence-electron chi connectivity index (χ2n) is 3.79. The first-order valence-corrected chi connectivity index (χ1v) is 6.13. The molecule has 3 nitrogen and oxygen atoms in total. The van der Waals surface area contributed by atoms with Gasteiger partial charge in [0.05, 0.1) is 17.7 Å². The van der Waals surface area contributed by atoms with E-state index in [9.17, 15) is 0 Å². The molecule has 0 fully saturated rings. The van der Waals surface area contributed by atoms with Crippen LogP contribution in [-0.2, 0) is 11.2 Å². The topological polar surface area (TPSA) is 48.1 Å². The number of hydrogen-bond donors (Lipinski definition) is 1. The van der Waals surface area contributed by atoms with Crippen molar-refractivity contribution in [2.75, 3.05) is 6.61 Å². The molecule has 0 amide bonds. The lowest BCUT2D eigenvalue weighted by Crippen LogP contribution is -2.28. The van der Waals surface area contributed by atoms with Crippen LogP contribution >= 0.6 is 11.3 Å². The smallest absolute Gasteiger partial charge is 0.109 e. The van der Waals surface area contributed by atoms with E-state index in [-0.39, 0.29) is 6.04 Å². The van der Waals surface area contributed by atoms with Crippen LogP contribution in [0.1, 0.15) is 23.5 Å². The van der Waals surface area contributed by atoms with Gasteiger partial charge in [-0.05, 0) is 25.8 Å². The van der Waals surface area contributed by atoms with E-state index in [0.717, 1.165) is 42.3 Å². The van der Waals surface area contributed by atoms with Crippen molar-refractivity contribution in [2.45, 2.75) is 32.2 Å². The van der Waals surface area contributed by atoms with Crippen molar-refractivity contribution >= 4 is 11.3 Å². The van der Waals surface area contributed by atoms with Crippen LogP contribution < -0.4 is 5.73 Å². The molecule has 15 heavy (non-hydrogen) atoms. The maximum atomic E-state index is 6.06. The fourth-order valence-corrected chi connectivity index (χ4v) is 2.45. The summed E-state index contributed by atoms with van der Waals surface area (Å²) in [5.74, 6) is 0.939. The van der Waals surface area contributed by atoms with Gasteiger partial charge in [0.2, 0.25) is 0 Å². The van der Waals surface area contributed by atoms with E-state index in [1.165, 1.54) is 0 Å². The number of rotatable bonds is 3. The summed E-state index contributed by atoms with van der Waals surface area (Å²) in [7, 11) is 0. The predicted molar refractivity (Wildman–Crippen MR) is 61.8 cm³/mol. The molecular formula is C11H16N2OS. The average molecular weight is 224 g/mol. The lowest BCUT2D eigenvalue weighted by Gasteiger charge is -2.19. The van der Waals surface area contributed by atoms with Gasteiger partial charge in [-0.1, -0.05) is 0 Å². The summed E-state index contributed by atoms with van der Waals surface area (Å²) < 4.78 is 5.53. The van der Waals surface area contributed by atoms with E-state index >= 15 is 0 Å². The highest BCUT2D eigenvalue weighted by Crippen LogP contribution is 2.17. The van der Waals surface area contributed by atoms with Gasteiger partial charge < -0.3 is 10.5 Å². The monoisotopic (exact) mass is 224 g/mol. The van der Waals surface area contributed by atoms with Crippen molar-refractivity contribution in [3.05, 3.63) is 27.9 Å². The van der Waals surface area contributed by atoms with E-state index in [1.54, 1.807) is 11.3 Å². The van der Waals surface area contributed by atoms with Crippen LogP contribution in [0.5, 0.6) is 0 Å². The molecule has 2 N–H and O–H groups in total. The fourth-order valence-electron chi connectivity index (χ4n) is 1.62. The van der Waals surface area contributed by atoms with Crippen LogP contribution in [0.15, 0.2) is 17.2 Å². The van der Waals surface area contributed by atoms with Crippen LogP contribution in [0, 0.1) is 6.92 Å². The first kappa shape index (κ1) is 10.6. The van der Waals surface area contributed by atoms with Gasteiger partial charge in [0, 0.05) is 17.5 Å². The Hall–Kier alpha value is -0.870.